The minimum atomic E-state index is -0.854. The van der Waals surface area contributed by atoms with Gasteiger partial charge in [0, 0.05) is 40.3 Å². The number of nitrogens with zero attached hydrogens (tertiary/aromatic N) is 1. The fraction of sp³-hybridized carbons (Fsp3) is 0.286. The lowest BCUT2D eigenvalue weighted by Crippen LogP contribution is -2.39. The molecule has 1 aliphatic heterocycles. The van der Waals surface area contributed by atoms with Crippen molar-refractivity contribution in [2.45, 2.75) is 32.1 Å². The second-order valence-electron chi connectivity index (χ2n) is 6.97. The number of nitrogens with one attached hydrogen (secondary N) is 1. The van der Waals surface area contributed by atoms with Gasteiger partial charge in [-0.1, -0.05) is 6.07 Å². The molecule has 1 aromatic heterocycles. The number of thiophene rings is 1. The normalized spacial score (nSPS) is 22.0. The van der Waals surface area contributed by atoms with E-state index in [2.05, 4.69) is 10.3 Å². The van der Waals surface area contributed by atoms with Crippen LogP contribution in [0, 0.1) is 17.6 Å². The number of benzene rings is 1. The molecule has 2 aliphatic rings. The minimum absolute atomic E-state index is 0.0779. The maximum atomic E-state index is 14.0. The first-order valence-corrected chi connectivity index (χ1v) is 9.94. The van der Waals surface area contributed by atoms with Crippen molar-refractivity contribution < 1.29 is 18.4 Å². The largest absolute Gasteiger partial charge is 0.320 e. The highest BCUT2D eigenvalue weighted by atomic mass is 32.1. The summed E-state index contributed by atoms with van der Waals surface area (Å²) in [5, 5.41) is 4.43. The van der Waals surface area contributed by atoms with Gasteiger partial charge < -0.3 is 5.32 Å². The maximum Gasteiger partial charge on any atom is 0.254 e. The van der Waals surface area contributed by atoms with Gasteiger partial charge in [-0.2, -0.15) is 0 Å². The number of hydrogen-bond acceptors (Lipinski definition) is 4. The van der Waals surface area contributed by atoms with E-state index in [1.54, 1.807) is 6.92 Å². The van der Waals surface area contributed by atoms with E-state index in [0.717, 1.165) is 35.6 Å². The summed E-state index contributed by atoms with van der Waals surface area (Å²) in [5.74, 6) is -2.93. The zero-order valence-electron chi connectivity index (χ0n) is 15.2. The number of ketones is 1. The molecule has 144 valence electrons. The van der Waals surface area contributed by atoms with E-state index in [1.807, 2.05) is 17.5 Å². The van der Waals surface area contributed by atoms with E-state index in [-0.39, 0.29) is 11.5 Å². The molecule has 2 aromatic rings. The van der Waals surface area contributed by atoms with Crippen LogP contribution in [0.5, 0.6) is 0 Å². The molecule has 0 radical (unpaired) electrons. The predicted octanol–water partition coefficient (Wildman–Crippen LogP) is 4.85. The van der Waals surface area contributed by atoms with Crippen LogP contribution in [-0.4, -0.2) is 17.4 Å². The first kappa shape index (κ1) is 18.7. The second-order valence-corrected chi connectivity index (χ2v) is 7.95. The Labute approximate surface area is 165 Å². The third kappa shape index (κ3) is 3.30. The minimum Gasteiger partial charge on any atom is -0.320 e. The quantitative estimate of drug-likeness (QED) is 0.801. The molecule has 1 saturated carbocycles. The Hall–Kier alpha value is -2.67. The maximum absolute atomic E-state index is 14.0. The molecular weight excluding hydrogens is 382 g/mol. The lowest BCUT2D eigenvalue weighted by Gasteiger charge is -2.35. The van der Waals surface area contributed by atoms with Crippen molar-refractivity contribution in [3.63, 3.8) is 0 Å². The van der Waals surface area contributed by atoms with Crippen LogP contribution in [0.2, 0.25) is 0 Å². The van der Waals surface area contributed by atoms with Gasteiger partial charge in [-0.05, 0) is 43.3 Å². The Bertz CT molecular complexity index is 1010. The van der Waals surface area contributed by atoms with E-state index >= 15 is 0 Å². The number of carbonyl (C=O) groups excluding carboxylic acids is 2. The van der Waals surface area contributed by atoms with Gasteiger partial charge in [0.15, 0.2) is 0 Å². The molecule has 1 aromatic carbocycles. The van der Waals surface area contributed by atoms with Crippen molar-refractivity contribution in [3.05, 3.63) is 63.5 Å². The van der Waals surface area contributed by atoms with E-state index < -0.39 is 29.4 Å². The molecule has 2 atom stereocenters. The summed E-state index contributed by atoms with van der Waals surface area (Å²) in [5.41, 5.74) is 1.59. The topological polar surface area (TPSA) is 58.5 Å². The Balaban J connectivity index is 1.76. The fourth-order valence-electron chi connectivity index (χ4n) is 3.97. The van der Waals surface area contributed by atoms with Gasteiger partial charge in [0.05, 0.1) is 11.6 Å². The SMILES string of the molecule is CC1=C(C(=O)Nc2ccc(F)cc2F)[C@H](c2cccs2)[C@H]2C(=O)CCCC2=N1. The molecule has 0 saturated heterocycles. The van der Waals surface area contributed by atoms with E-state index in [9.17, 15) is 18.4 Å². The zero-order chi connectivity index (χ0) is 19.8. The number of allylic oxidation sites excluding steroid dienone is 1. The van der Waals surface area contributed by atoms with E-state index in [1.165, 1.54) is 17.4 Å². The van der Waals surface area contributed by atoms with Crippen molar-refractivity contribution in [2.75, 3.05) is 5.32 Å². The van der Waals surface area contributed by atoms with Gasteiger partial charge in [-0.25, -0.2) is 8.78 Å². The van der Waals surface area contributed by atoms with Crippen molar-refractivity contribution >= 4 is 34.4 Å². The fourth-order valence-corrected chi connectivity index (χ4v) is 4.84. The number of amides is 1. The number of anilines is 1. The van der Waals surface area contributed by atoms with E-state index in [0.29, 0.717) is 17.7 Å². The first-order valence-electron chi connectivity index (χ1n) is 9.06. The summed E-state index contributed by atoms with van der Waals surface area (Å²) in [6, 6.07) is 6.76. The van der Waals surface area contributed by atoms with Crippen LogP contribution in [0.4, 0.5) is 14.5 Å². The van der Waals surface area contributed by atoms with Gasteiger partial charge in [0.2, 0.25) is 0 Å². The summed E-state index contributed by atoms with van der Waals surface area (Å²) < 4.78 is 27.2. The van der Waals surface area contributed by atoms with Crippen LogP contribution in [0.25, 0.3) is 0 Å². The molecule has 4 rings (SSSR count). The van der Waals surface area contributed by atoms with Crippen molar-refractivity contribution in [1.29, 1.82) is 0 Å². The Kier molecular flexibility index (Phi) is 4.93. The highest BCUT2D eigenvalue weighted by Gasteiger charge is 2.43. The summed E-state index contributed by atoms with van der Waals surface area (Å²) in [4.78, 5) is 31.3. The zero-order valence-corrected chi connectivity index (χ0v) is 16.0. The van der Waals surface area contributed by atoms with Gasteiger partial charge in [-0.3, -0.25) is 14.6 Å². The molecule has 1 amide bonds. The molecule has 28 heavy (non-hydrogen) atoms. The van der Waals surface area contributed by atoms with Crippen LogP contribution >= 0.6 is 11.3 Å². The number of Topliss-reactive ketones (excluding diaryl/α,β-unsaturated/α-hetero) is 1. The molecule has 1 aliphatic carbocycles. The number of carbonyl (C=O) groups is 2. The van der Waals surface area contributed by atoms with Gasteiger partial charge >= 0.3 is 0 Å². The van der Waals surface area contributed by atoms with Gasteiger partial charge in [-0.15, -0.1) is 11.3 Å². The van der Waals surface area contributed by atoms with Crippen LogP contribution in [0.3, 0.4) is 0 Å². The first-order chi connectivity index (χ1) is 13.5. The monoisotopic (exact) mass is 400 g/mol. The summed E-state index contributed by atoms with van der Waals surface area (Å²) in [6.45, 7) is 1.73. The second kappa shape index (κ2) is 7.39. The lowest BCUT2D eigenvalue weighted by molar-refractivity contribution is -0.122. The highest BCUT2D eigenvalue weighted by molar-refractivity contribution is 7.10. The van der Waals surface area contributed by atoms with Crippen LogP contribution in [0.15, 0.2) is 52.0 Å². The standard InChI is InChI=1S/C21H18F2N2O2S/c1-11-18(21(27)25-14-8-7-12(22)10-13(14)23)20(17-6-3-9-28-17)19-15(24-11)4-2-5-16(19)26/h3,6-10,19-20H,2,4-5H2,1H3,(H,25,27)/t19-,20+/m1/s1. The average molecular weight is 400 g/mol. The van der Waals surface area contributed by atoms with Gasteiger partial charge in [0.25, 0.3) is 5.91 Å². The molecule has 1 fully saturated rings. The van der Waals surface area contributed by atoms with Crippen molar-refractivity contribution in [3.8, 4) is 0 Å². The molecular formula is C21H18F2N2O2S. The Morgan fingerprint density at radius 3 is 2.75 bits per heavy atom. The summed E-state index contributed by atoms with van der Waals surface area (Å²) in [7, 11) is 0. The van der Waals surface area contributed by atoms with Gasteiger partial charge in [0.1, 0.15) is 17.4 Å². The molecule has 1 N–H and O–H groups in total. The predicted molar refractivity (Wildman–Crippen MR) is 105 cm³/mol. The van der Waals surface area contributed by atoms with Crippen LogP contribution in [-0.2, 0) is 9.59 Å². The molecule has 0 spiro atoms. The third-order valence-corrected chi connectivity index (χ3v) is 6.14. The van der Waals surface area contributed by atoms with Crippen LogP contribution in [0.1, 0.15) is 37.0 Å². The summed E-state index contributed by atoms with van der Waals surface area (Å²) in [6.07, 6.45) is 1.96. The van der Waals surface area contributed by atoms with Crippen LogP contribution < -0.4 is 5.32 Å². The molecule has 7 heteroatoms. The summed E-state index contributed by atoms with van der Waals surface area (Å²) >= 11 is 1.48. The van der Waals surface area contributed by atoms with E-state index in [4.69, 9.17) is 0 Å². The smallest absolute Gasteiger partial charge is 0.254 e. The Morgan fingerprint density at radius 2 is 2.04 bits per heavy atom. The number of fused-ring (bicyclic) bond motifs is 1. The average Bonchev–Trinajstić information content (AvgIpc) is 3.17. The number of aliphatic imine (C=N–C) groups is 1. The molecule has 4 nitrogen and oxygen atoms in total. The lowest BCUT2D eigenvalue weighted by atomic mass is 9.71. The third-order valence-electron chi connectivity index (χ3n) is 5.18. The van der Waals surface area contributed by atoms with Crippen molar-refractivity contribution in [1.82, 2.24) is 0 Å². The number of hydrogen-bond donors (Lipinski definition) is 1. The molecule has 0 unspecified atom stereocenters. The molecule has 2 heterocycles. The highest BCUT2D eigenvalue weighted by Crippen LogP contribution is 2.44. The number of rotatable bonds is 3. The number of halogens is 2. The Morgan fingerprint density at radius 1 is 1.21 bits per heavy atom. The molecule has 0 bridgehead atoms. The van der Waals surface area contributed by atoms with Crippen molar-refractivity contribution in [2.24, 2.45) is 10.9 Å².